The summed E-state index contributed by atoms with van der Waals surface area (Å²) in [5, 5.41) is 7.91. The van der Waals surface area contributed by atoms with Crippen LogP contribution in [0.25, 0.3) is 80.7 Å². The van der Waals surface area contributed by atoms with E-state index in [-0.39, 0.29) is 5.41 Å². The molecule has 0 aliphatic heterocycles. The van der Waals surface area contributed by atoms with Crippen molar-refractivity contribution in [2.24, 2.45) is 0 Å². The number of hydrogen-bond donors (Lipinski definition) is 0. The second-order valence-electron chi connectivity index (χ2n) is 12.9. The Morgan fingerprint density at radius 2 is 1.27 bits per heavy atom. The topological polar surface area (TPSA) is 4.93 Å². The van der Waals surface area contributed by atoms with E-state index in [1.165, 1.54) is 91.8 Å². The van der Waals surface area contributed by atoms with E-state index in [0.717, 1.165) is 0 Å². The van der Waals surface area contributed by atoms with Crippen molar-refractivity contribution in [2.75, 3.05) is 0 Å². The van der Waals surface area contributed by atoms with Crippen LogP contribution in [0.15, 0.2) is 140 Å². The number of fused-ring (bicyclic) bond motifs is 12. The third-order valence-corrected chi connectivity index (χ3v) is 11.3. The Bertz CT molecular complexity index is 2670. The number of nitrogens with zero attached hydrogens (tertiary/aromatic N) is 1. The van der Waals surface area contributed by atoms with E-state index in [0.29, 0.717) is 0 Å². The average Bonchev–Trinajstić information content (AvgIpc) is 3.70. The van der Waals surface area contributed by atoms with Crippen LogP contribution in [0.2, 0.25) is 0 Å². The Morgan fingerprint density at radius 3 is 2.16 bits per heavy atom. The van der Waals surface area contributed by atoms with Gasteiger partial charge in [-0.3, -0.25) is 0 Å². The lowest BCUT2D eigenvalue weighted by Crippen LogP contribution is -2.16. The first-order chi connectivity index (χ1) is 22.1. The largest absolute Gasteiger partial charge is 0.309 e. The first-order valence-electron chi connectivity index (χ1n) is 15.7. The number of aromatic nitrogens is 1. The molecule has 1 aliphatic rings. The van der Waals surface area contributed by atoms with Crippen molar-refractivity contribution in [1.82, 2.24) is 4.57 Å². The van der Waals surface area contributed by atoms with Crippen LogP contribution in [0.4, 0.5) is 0 Å². The van der Waals surface area contributed by atoms with Gasteiger partial charge in [0, 0.05) is 42.0 Å². The first kappa shape index (κ1) is 25.2. The van der Waals surface area contributed by atoms with Crippen LogP contribution in [0.3, 0.4) is 0 Å². The third kappa shape index (κ3) is 3.38. The molecular weight excluding hydrogens is 563 g/mol. The van der Waals surface area contributed by atoms with Gasteiger partial charge in [0.15, 0.2) is 0 Å². The van der Waals surface area contributed by atoms with Gasteiger partial charge in [0.2, 0.25) is 0 Å². The van der Waals surface area contributed by atoms with Gasteiger partial charge in [0.25, 0.3) is 0 Å². The lowest BCUT2D eigenvalue weighted by atomic mass is 9.81. The Labute approximate surface area is 265 Å². The van der Waals surface area contributed by atoms with Crippen LogP contribution >= 0.6 is 11.3 Å². The van der Waals surface area contributed by atoms with Crippen molar-refractivity contribution in [2.45, 2.75) is 19.3 Å². The maximum atomic E-state index is 2.53. The highest BCUT2D eigenvalue weighted by atomic mass is 32.1. The lowest BCUT2D eigenvalue weighted by Gasteiger charge is -2.23. The summed E-state index contributed by atoms with van der Waals surface area (Å²) in [6.07, 6.45) is 0. The maximum Gasteiger partial charge on any atom is 0.0588 e. The fourth-order valence-electron chi connectivity index (χ4n) is 8.11. The molecule has 0 amide bonds. The van der Waals surface area contributed by atoms with Gasteiger partial charge in [-0.1, -0.05) is 117 Å². The van der Waals surface area contributed by atoms with Gasteiger partial charge in [-0.05, 0) is 80.6 Å². The summed E-state index contributed by atoms with van der Waals surface area (Å²) in [5.41, 5.74) is 11.7. The smallest absolute Gasteiger partial charge is 0.0588 e. The van der Waals surface area contributed by atoms with Gasteiger partial charge in [0.1, 0.15) is 0 Å². The molecule has 1 aliphatic carbocycles. The SMILES string of the molecule is CC1(C)c2ccccc2-c2ccc3c4c5ccccc5ccc4n(-c4ccc(-c5ccc6sc7ccccc7c6c5)cc4)c3c21. The van der Waals surface area contributed by atoms with E-state index in [1.807, 2.05) is 11.3 Å². The van der Waals surface area contributed by atoms with E-state index >= 15 is 0 Å². The molecule has 0 spiro atoms. The molecule has 45 heavy (non-hydrogen) atoms. The number of hydrogen-bond acceptors (Lipinski definition) is 1. The second-order valence-corrected chi connectivity index (χ2v) is 14.0. The van der Waals surface area contributed by atoms with Crippen molar-refractivity contribution in [3.63, 3.8) is 0 Å². The molecule has 0 atom stereocenters. The molecule has 0 radical (unpaired) electrons. The van der Waals surface area contributed by atoms with Gasteiger partial charge < -0.3 is 4.57 Å². The van der Waals surface area contributed by atoms with Crippen molar-refractivity contribution >= 4 is 64.1 Å². The van der Waals surface area contributed by atoms with Crippen LogP contribution in [0.1, 0.15) is 25.0 Å². The molecule has 9 aromatic rings. The van der Waals surface area contributed by atoms with Gasteiger partial charge in [-0.25, -0.2) is 0 Å². The molecule has 10 rings (SSSR count). The highest BCUT2D eigenvalue weighted by molar-refractivity contribution is 7.25. The van der Waals surface area contributed by atoms with Crippen LogP contribution in [-0.4, -0.2) is 4.57 Å². The summed E-state index contributed by atoms with van der Waals surface area (Å²) in [5.74, 6) is 0. The lowest BCUT2D eigenvalue weighted by molar-refractivity contribution is 0.664. The predicted molar refractivity (Wildman–Crippen MR) is 194 cm³/mol. The van der Waals surface area contributed by atoms with Gasteiger partial charge in [-0.2, -0.15) is 0 Å². The van der Waals surface area contributed by atoms with E-state index < -0.39 is 0 Å². The first-order valence-corrected chi connectivity index (χ1v) is 16.5. The van der Waals surface area contributed by atoms with Crippen molar-refractivity contribution in [3.05, 3.63) is 151 Å². The zero-order valence-electron chi connectivity index (χ0n) is 25.1. The molecule has 2 aromatic heterocycles. The maximum absolute atomic E-state index is 2.53. The summed E-state index contributed by atoms with van der Waals surface area (Å²) >= 11 is 1.87. The molecular formula is C43H29NS. The molecule has 0 saturated heterocycles. The zero-order chi connectivity index (χ0) is 29.9. The zero-order valence-corrected chi connectivity index (χ0v) is 26.0. The Hall–Kier alpha value is -5.18. The van der Waals surface area contributed by atoms with Crippen LogP contribution < -0.4 is 0 Å². The Morgan fingerprint density at radius 1 is 0.533 bits per heavy atom. The van der Waals surface area contributed by atoms with Gasteiger partial charge in [-0.15, -0.1) is 11.3 Å². The minimum absolute atomic E-state index is 0.119. The van der Waals surface area contributed by atoms with Crippen LogP contribution in [-0.2, 0) is 5.41 Å². The van der Waals surface area contributed by atoms with E-state index in [2.05, 4.69) is 158 Å². The fourth-order valence-corrected chi connectivity index (χ4v) is 9.19. The van der Waals surface area contributed by atoms with Crippen LogP contribution in [0, 0.1) is 0 Å². The second kappa shape index (κ2) is 8.94. The standard InChI is InChI=1S/C43H29NS/c1-43(2)36-13-7-5-11-31(36)33-21-22-34-40-30-10-4-3-9-27(30)17-23-37(40)44(42(34)41(33)43)29-19-15-26(16-20-29)28-18-24-39-35(25-28)32-12-6-8-14-38(32)45-39/h3-25H,1-2H3. The monoisotopic (exact) mass is 591 g/mol. The van der Waals surface area contributed by atoms with Crippen molar-refractivity contribution in [1.29, 1.82) is 0 Å². The summed E-state index contributed by atoms with van der Waals surface area (Å²) in [4.78, 5) is 0. The van der Waals surface area contributed by atoms with E-state index in [1.54, 1.807) is 0 Å². The molecule has 0 saturated carbocycles. The van der Waals surface area contributed by atoms with Gasteiger partial charge in [0.05, 0.1) is 11.0 Å². The Kier molecular flexibility index (Phi) is 5.00. The van der Waals surface area contributed by atoms with E-state index in [4.69, 9.17) is 0 Å². The minimum atomic E-state index is -0.119. The highest BCUT2D eigenvalue weighted by Gasteiger charge is 2.38. The number of thiophene rings is 1. The fraction of sp³-hybridized carbons (Fsp3) is 0.0698. The molecule has 0 bridgehead atoms. The average molecular weight is 592 g/mol. The molecule has 7 aromatic carbocycles. The minimum Gasteiger partial charge on any atom is -0.309 e. The quantitative estimate of drug-likeness (QED) is 0.188. The molecule has 0 N–H and O–H groups in total. The van der Waals surface area contributed by atoms with Gasteiger partial charge >= 0.3 is 0 Å². The summed E-state index contributed by atoms with van der Waals surface area (Å²) < 4.78 is 5.21. The van der Waals surface area contributed by atoms with E-state index in [9.17, 15) is 0 Å². The molecule has 2 heteroatoms. The van der Waals surface area contributed by atoms with Crippen molar-refractivity contribution in [3.8, 4) is 27.9 Å². The Balaban J connectivity index is 1.23. The summed E-state index contributed by atoms with van der Waals surface area (Å²) in [7, 11) is 0. The normalized spacial score (nSPS) is 13.7. The third-order valence-electron chi connectivity index (χ3n) is 10.2. The highest BCUT2D eigenvalue weighted by Crippen LogP contribution is 2.53. The molecule has 1 nitrogen and oxygen atoms in total. The summed E-state index contributed by atoms with van der Waals surface area (Å²) in [6.45, 7) is 4.79. The molecule has 212 valence electrons. The predicted octanol–water partition coefficient (Wildman–Crippen LogP) is 12.3. The number of benzene rings is 7. The van der Waals surface area contributed by atoms with Crippen LogP contribution in [0.5, 0.6) is 0 Å². The summed E-state index contributed by atoms with van der Waals surface area (Å²) in [6, 6.07) is 52.0. The molecule has 0 unspecified atom stereocenters. The van der Waals surface area contributed by atoms with Crippen molar-refractivity contribution < 1.29 is 0 Å². The molecule has 0 fully saturated rings. The number of rotatable bonds is 2. The molecule has 2 heterocycles.